The lowest BCUT2D eigenvalue weighted by atomic mass is 9.94. The van der Waals surface area contributed by atoms with Gasteiger partial charge in [-0.25, -0.2) is 4.39 Å². The molecule has 2 aromatic rings. The van der Waals surface area contributed by atoms with Crippen LogP contribution in [0.4, 0.5) is 4.39 Å². The molecule has 2 aromatic carbocycles. The molecule has 158 valence electrons. The standard InChI is InChI=1S/C15H20.C11H13F.C2H6/c1-5-8-13(6-2)15-10-9-12(4)11-14(15)7-3;1-8(2)6-10-5-4-9(3)7-11(10)12;1-2/h5-6,9-11H,1,7-8H2,2-4H3;4-5,7H,1,6H2,2-3H3;1-2H3/b13-6+;;. The molecular weight excluding hydrogens is 355 g/mol. The molecule has 0 amide bonds. The number of hydrogen-bond acceptors (Lipinski definition) is 0. The molecule has 0 N–H and O–H groups in total. The Labute approximate surface area is 178 Å². The first kappa shape index (κ1) is 26.6. The molecule has 1 heteroatoms. The van der Waals surface area contributed by atoms with Crippen molar-refractivity contribution in [1.29, 1.82) is 0 Å². The Bertz CT molecular complexity index is 809. The van der Waals surface area contributed by atoms with Gasteiger partial charge in [-0.15, -0.1) is 6.58 Å². The Balaban J connectivity index is 0.000000508. The van der Waals surface area contributed by atoms with E-state index in [4.69, 9.17) is 0 Å². The van der Waals surface area contributed by atoms with E-state index in [0.29, 0.717) is 6.42 Å². The van der Waals surface area contributed by atoms with Crippen molar-refractivity contribution in [3.8, 4) is 0 Å². The Morgan fingerprint density at radius 1 is 1.00 bits per heavy atom. The van der Waals surface area contributed by atoms with E-state index < -0.39 is 0 Å². The van der Waals surface area contributed by atoms with E-state index in [9.17, 15) is 4.39 Å². The van der Waals surface area contributed by atoms with Gasteiger partial charge in [0, 0.05) is 0 Å². The Morgan fingerprint density at radius 2 is 1.59 bits per heavy atom. The van der Waals surface area contributed by atoms with Crippen LogP contribution in [0.15, 0.2) is 67.3 Å². The van der Waals surface area contributed by atoms with Crippen molar-refractivity contribution >= 4 is 5.57 Å². The largest absolute Gasteiger partial charge is 0.207 e. The van der Waals surface area contributed by atoms with Gasteiger partial charge < -0.3 is 0 Å². The highest BCUT2D eigenvalue weighted by molar-refractivity contribution is 5.69. The van der Waals surface area contributed by atoms with Crippen LogP contribution in [-0.2, 0) is 12.8 Å². The van der Waals surface area contributed by atoms with E-state index in [1.807, 2.05) is 45.9 Å². The van der Waals surface area contributed by atoms with Gasteiger partial charge in [0.05, 0.1) is 0 Å². The summed E-state index contributed by atoms with van der Waals surface area (Å²) in [5.41, 5.74) is 8.20. The Morgan fingerprint density at radius 3 is 2.07 bits per heavy atom. The molecule has 0 nitrogen and oxygen atoms in total. The quantitative estimate of drug-likeness (QED) is 0.429. The molecule has 29 heavy (non-hydrogen) atoms. The molecule has 0 aliphatic heterocycles. The van der Waals surface area contributed by atoms with Crippen molar-refractivity contribution in [3.63, 3.8) is 0 Å². The summed E-state index contributed by atoms with van der Waals surface area (Å²) in [6.07, 6.45) is 6.82. The predicted molar refractivity (Wildman–Crippen MR) is 130 cm³/mol. The Hall–Kier alpha value is -2.41. The van der Waals surface area contributed by atoms with Gasteiger partial charge in [-0.1, -0.05) is 81.0 Å². The highest BCUT2D eigenvalue weighted by atomic mass is 19.1. The average Bonchev–Trinajstić information content (AvgIpc) is 2.70. The first-order valence-corrected chi connectivity index (χ1v) is 10.6. The maximum atomic E-state index is 13.2. The summed E-state index contributed by atoms with van der Waals surface area (Å²) in [5.74, 6) is -0.127. The smallest absolute Gasteiger partial charge is 0.126 e. The van der Waals surface area contributed by atoms with Crippen molar-refractivity contribution in [2.75, 3.05) is 0 Å². The van der Waals surface area contributed by atoms with Crippen molar-refractivity contribution in [2.45, 2.75) is 67.7 Å². The van der Waals surface area contributed by atoms with Crippen molar-refractivity contribution in [3.05, 3.63) is 101 Å². The molecule has 0 spiro atoms. The summed E-state index contributed by atoms with van der Waals surface area (Å²) in [6.45, 7) is 21.8. The summed E-state index contributed by atoms with van der Waals surface area (Å²) in [4.78, 5) is 0. The second-order valence-electron chi connectivity index (χ2n) is 7.05. The molecule has 0 bridgehead atoms. The predicted octanol–water partition coefficient (Wildman–Crippen LogP) is 8.82. The van der Waals surface area contributed by atoms with E-state index in [2.05, 4.69) is 58.2 Å². The van der Waals surface area contributed by atoms with E-state index in [-0.39, 0.29) is 5.82 Å². The first-order chi connectivity index (χ1) is 13.8. The fourth-order valence-electron chi connectivity index (χ4n) is 2.99. The van der Waals surface area contributed by atoms with Gasteiger partial charge in [-0.05, 0) is 80.9 Å². The Kier molecular flexibility index (Phi) is 13.4. The monoisotopic (exact) mass is 394 g/mol. The molecular formula is C28H39F. The summed E-state index contributed by atoms with van der Waals surface area (Å²) < 4.78 is 13.2. The van der Waals surface area contributed by atoms with Crippen LogP contribution < -0.4 is 0 Å². The fourth-order valence-corrected chi connectivity index (χ4v) is 2.99. The van der Waals surface area contributed by atoms with Crippen LogP contribution in [0, 0.1) is 19.7 Å². The van der Waals surface area contributed by atoms with Crippen LogP contribution in [0.5, 0.6) is 0 Å². The highest BCUT2D eigenvalue weighted by Crippen LogP contribution is 2.24. The van der Waals surface area contributed by atoms with Crippen molar-refractivity contribution in [1.82, 2.24) is 0 Å². The lowest BCUT2D eigenvalue weighted by molar-refractivity contribution is 0.612. The molecule has 0 aromatic heterocycles. The van der Waals surface area contributed by atoms with Crippen LogP contribution in [0.2, 0.25) is 0 Å². The van der Waals surface area contributed by atoms with E-state index in [1.165, 1.54) is 22.3 Å². The van der Waals surface area contributed by atoms with Gasteiger partial charge in [0.15, 0.2) is 0 Å². The fraction of sp³-hybridized carbons (Fsp3) is 0.357. The second-order valence-corrected chi connectivity index (χ2v) is 7.05. The van der Waals surface area contributed by atoms with Gasteiger partial charge in [-0.2, -0.15) is 0 Å². The number of aryl methyl sites for hydroxylation is 3. The van der Waals surface area contributed by atoms with E-state index in [0.717, 1.165) is 29.5 Å². The van der Waals surface area contributed by atoms with Crippen LogP contribution >= 0.6 is 0 Å². The van der Waals surface area contributed by atoms with Gasteiger partial charge in [-0.3, -0.25) is 0 Å². The van der Waals surface area contributed by atoms with Crippen LogP contribution in [0.3, 0.4) is 0 Å². The number of benzene rings is 2. The summed E-state index contributed by atoms with van der Waals surface area (Å²) >= 11 is 0. The third kappa shape index (κ3) is 9.56. The summed E-state index contributed by atoms with van der Waals surface area (Å²) in [7, 11) is 0. The lowest BCUT2D eigenvalue weighted by Gasteiger charge is -2.11. The van der Waals surface area contributed by atoms with Crippen molar-refractivity contribution in [2.24, 2.45) is 0 Å². The molecule has 0 saturated carbocycles. The minimum atomic E-state index is -0.127. The molecule has 0 fully saturated rings. The zero-order valence-electron chi connectivity index (χ0n) is 19.5. The van der Waals surface area contributed by atoms with Gasteiger partial charge in [0.25, 0.3) is 0 Å². The van der Waals surface area contributed by atoms with Gasteiger partial charge in [0.2, 0.25) is 0 Å². The number of allylic oxidation sites excluding steroid dienone is 4. The number of halogens is 1. The lowest BCUT2D eigenvalue weighted by Crippen LogP contribution is -1.92. The molecule has 0 aliphatic rings. The first-order valence-electron chi connectivity index (χ1n) is 10.6. The summed E-state index contributed by atoms with van der Waals surface area (Å²) in [6, 6.07) is 12.0. The zero-order chi connectivity index (χ0) is 22.4. The normalized spacial score (nSPS) is 10.3. The maximum absolute atomic E-state index is 13.2. The minimum Gasteiger partial charge on any atom is -0.207 e. The topological polar surface area (TPSA) is 0 Å². The molecule has 0 radical (unpaired) electrons. The number of rotatable bonds is 6. The molecule has 0 unspecified atom stereocenters. The molecule has 0 aliphatic carbocycles. The highest BCUT2D eigenvalue weighted by Gasteiger charge is 2.04. The zero-order valence-corrected chi connectivity index (χ0v) is 19.5. The third-order valence-corrected chi connectivity index (χ3v) is 4.40. The molecule has 2 rings (SSSR count). The molecule has 0 atom stereocenters. The van der Waals surface area contributed by atoms with Gasteiger partial charge in [0.1, 0.15) is 5.82 Å². The summed E-state index contributed by atoms with van der Waals surface area (Å²) in [5, 5.41) is 0. The average molecular weight is 395 g/mol. The van der Waals surface area contributed by atoms with Crippen LogP contribution in [0.1, 0.15) is 68.9 Å². The third-order valence-electron chi connectivity index (χ3n) is 4.40. The van der Waals surface area contributed by atoms with Crippen LogP contribution in [-0.4, -0.2) is 0 Å². The minimum absolute atomic E-state index is 0.127. The molecule has 0 heterocycles. The van der Waals surface area contributed by atoms with E-state index >= 15 is 0 Å². The SMILES string of the molecule is C=C(C)Cc1ccc(C)cc1F.C=CC/C(=C\C)c1ccc(C)cc1CC.CC. The maximum Gasteiger partial charge on any atom is 0.126 e. The van der Waals surface area contributed by atoms with Crippen LogP contribution in [0.25, 0.3) is 5.57 Å². The number of hydrogen-bond donors (Lipinski definition) is 0. The van der Waals surface area contributed by atoms with Gasteiger partial charge >= 0.3 is 0 Å². The second kappa shape index (κ2) is 14.6. The van der Waals surface area contributed by atoms with E-state index in [1.54, 1.807) is 6.07 Å². The van der Waals surface area contributed by atoms with Crippen molar-refractivity contribution < 1.29 is 4.39 Å². The molecule has 0 saturated heterocycles.